The molecule has 0 aliphatic heterocycles. The molecule has 0 amide bonds. The summed E-state index contributed by atoms with van der Waals surface area (Å²) in [5, 5.41) is 3.42. The Hall–Kier alpha value is -0.0900. The lowest BCUT2D eigenvalue weighted by atomic mass is 9.90. The first-order valence-corrected chi connectivity index (χ1v) is 8.22. The molecule has 98 valence electrons. The fraction of sp³-hybridized carbons (Fsp3) is 1.00. The quantitative estimate of drug-likeness (QED) is 0.682. The van der Waals surface area contributed by atoms with Crippen molar-refractivity contribution < 1.29 is 8.42 Å². The van der Waals surface area contributed by atoms with Crippen molar-refractivity contribution in [1.82, 2.24) is 5.32 Å². The van der Waals surface area contributed by atoms with Crippen LogP contribution < -0.4 is 5.32 Å². The Balaban J connectivity index is 4.14. The van der Waals surface area contributed by atoms with Crippen molar-refractivity contribution in [2.45, 2.75) is 58.9 Å². The highest BCUT2D eigenvalue weighted by Crippen LogP contribution is 2.18. The maximum absolute atomic E-state index is 11.5. The summed E-state index contributed by atoms with van der Waals surface area (Å²) in [5.74, 6) is 0.578. The highest BCUT2D eigenvalue weighted by molar-refractivity contribution is 7.91. The monoisotopic (exact) mass is 249 g/mol. The normalized spacial score (nSPS) is 13.0. The minimum atomic E-state index is -2.84. The molecule has 0 bridgehead atoms. The van der Waals surface area contributed by atoms with Gasteiger partial charge in [0.05, 0.1) is 5.75 Å². The van der Waals surface area contributed by atoms with Crippen molar-refractivity contribution in [2.24, 2.45) is 0 Å². The topological polar surface area (TPSA) is 46.2 Å². The first-order valence-electron chi connectivity index (χ1n) is 6.40. The Bertz CT molecular complexity index is 260. The predicted octanol–water partition coefficient (Wildman–Crippen LogP) is 2.37. The van der Waals surface area contributed by atoms with Crippen LogP contribution in [0.3, 0.4) is 0 Å². The highest BCUT2D eigenvalue weighted by atomic mass is 32.2. The van der Waals surface area contributed by atoms with E-state index in [0.29, 0.717) is 18.7 Å². The summed E-state index contributed by atoms with van der Waals surface area (Å²) >= 11 is 0. The molecule has 0 heterocycles. The molecule has 16 heavy (non-hydrogen) atoms. The zero-order valence-electron chi connectivity index (χ0n) is 11.2. The van der Waals surface area contributed by atoms with Crippen molar-refractivity contribution in [2.75, 3.05) is 18.1 Å². The standard InChI is InChI=1S/C12H27NO2S/c1-5-10-16(14,15)11-9-13-12(6-2,7-3)8-4/h13H,5-11H2,1-4H3. The molecule has 0 aromatic heterocycles. The van der Waals surface area contributed by atoms with Gasteiger partial charge < -0.3 is 5.32 Å². The molecule has 0 radical (unpaired) electrons. The molecule has 3 nitrogen and oxygen atoms in total. The summed E-state index contributed by atoms with van der Waals surface area (Å²) in [6.45, 7) is 8.94. The maximum atomic E-state index is 11.5. The van der Waals surface area contributed by atoms with Gasteiger partial charge in [-0.25, -0.2) is 8.42 Å². The van der Waals surface area contributed by atoms with E-state index in [-0.39, 0.29) is 11.3 Å². The third-order valence-corrected chi connectivity index (χ3v) is 5.31. The van der Waals surface area contributed by atoms with Gasteiger partial charge in [-0.05, 0) is 25.7 Å². The molecule has 0 fully saturated rings. The van der Waals surface area contributed by atoms with Crippen LogP contribution in [0.15, 0.2) is 0 Å². The molecule has 0 atom stereocenters. The van der Waals surface area contributed by atoms with Crippen molar-refractivity contribution in [3.05, 3.63) is 0 Å². The predicted molar refractivity (Wildman–Crippen MR) is 70.6 cm³/mol. The number of hydrogen-bond donors (Lipinski definition) is 1. The van der Waals surface area contributed by atoms with Crippen LogP contribution in [0.5, 0.6) is 0 Å². The molecule has 0 saturated heterocycles. The molecule has 0 saturated carbocycles. The van der Waals surface area contributed by atoms with E-state index in [1.807, 2.05) is 6.92 Å². The van der Waals surface area contributed by atoms with E-state index in [1.165, 1.54) is 0 Å². The lowest BCUT2D eigenvalue weighted by Crippen LogP contribution is -2.45. The first kappa shape index (κ1) is 15.9. The van der Waals surface area contributed by atoms with E-state index < -0.39 is 9.84 Å². The van der Waals surface area contributed by atoms with Gasteiger partial charge in [-0.2, -0.15) is 0 Å². The van der Waals surface area contributed by atoms with Crippen LogP contribution in [-0.2, 0) is 9.84 Å². The number of rotatable bonds is 9. The van der Waals surface area contributed by atoms with Crippen LogP contribution in [0.4, 0.5) is 0 Å². The maximum Gasteiger partial charge on any atom is 0.151 e. The lowest BCUT2D eigenvalue weighted by Gasteiger charge is -2.32. The van der Waals surface area contributed by atoms with Crippen molar-refractivity contribution in [3.8, 4) is 0 Å². The van der Waals surface area contributed by atoms with Gasteiger partial charge in [0.15, 0.2) is 9.84 Å². The molecule has 0 aliphatic rings. The first-order chi connectivity index (χ1) is 7.45. The van der Waals surface area contributed by atoms with Crippen LogP contribution in [0.1, 0.15) is 53.4 Å². The largest absolute Gasteiger partial charge is 0.310 e. The number of sulfone groups is 1. The molecule has 1 N–H and O–H groups in total. The van der Waals surface area contributed by atoms with Gasteiger partial charge in [0.1, 0.15) is 0 Å². The van der Waals surface area contributed by atoms with Crippen molar-refractivity contribution >= 4 is 9.84 Å². The van der Waals surface area contributed by atoms with E-state index in [4.69, 9.17) is 0 Å². The summed E-state index contributed by atoms with van der Waals surface area (Å²) in [5.41, 5.74) is 0.127. The fourth-order valence-electron chi connectivity index (χ4n) is 2.01. The summed E-state index contributed by atoms with van der Waals surface area (Å²) in [7, 11) is -2.84. The third-order valence-electron chi connectivity index (χ3n) is 3.46. The Morgan fingerprint density at radius 1 is 0.938 bits per heavy atom. The minimum Gasteiger partial charge on any atom is -0.310 e. The zero-order valence-corrected chi connectivity index (χ0v) is 12.0. The van der Waals surface area contributed by atoms with E-state index in [2.05, 4.69) is 26.1 Å². The van der Waals surface area contributed by atoms with Crippen LogP contribution in [0, 0.1) is 0 Å². The van der Waals surface area contributed by atoms with Crippen LogP contribution in [-0.4, -0.2) is 32.0 Å². The number of hydrogen-bond acceptors (Lipinski definition) is 3. The van der Waals surface area contributed by atoms with Gasteiger partial charge in [-0.15, -0.1) is 0 Å². The van der Waals surface area contributed by atoms with E-state index in [0.717, 1.165) is 19.3 Å². The Morgan fingerprint density at radius 3 is 1.81 bits per heavy atom. The Labute approximate surface area is 101 Å². The Kier molecular flexibility index (Phi) is 7.24. The molecule has 0 aromatic rings. The molecule has 0 unspecified atom stereocenters. The molecule has 0 rings (SSSR count). The van der Waals surface area contributed by atoms with Gasteiger partial charge >= 0.3 is 0 Å². The fourth-order valence-corrected chi connectivity index (χ4v) is 3.25. The van der Waals surface area contributed by atoms with Crippen LogP contribution >= 0.6 is 0 Å². The zero-order chi connectivity index (χ0) is 12.7. The van der Waals surface area contributed by atoms with E-state index in [9.17, 15) is 8.42 Å². The second-order valence-corrected chi connectivity index (χ2v) is 6.72. The summed E-state index contributed by atoms with van der Waals surface area (Å²) in [6, 6.07) is 0. The number of nitrogens with one attached hydrogen (secondary N) is 1. The van der Waals surface area contributed by atoms with E-state index >= 15 is 0 Å². The van der Waals surface area contributed by atoms with Crippen molar-refractivity contribution in [3.63, 3.8) is 0 Å². The van der Waals surface area contributed by atoms with Gasteiger partial charge in [0.2, 0.25) is 0 Å². The van der Waals surface area contributed by atoms with Gasteiger partial charge in [-0.1, -0.05) is 27.7 Å². The van der Waals surface area contributed by atoms with E-state index in [1.54, 1.807) is 0 Å². The lowest BCUT2D eigenvalue weighted by molar-refractivity contribution is 0.297. The van der Waals surface area contributed by atoms with Gasteiger partial charge in [0.25, 0.3) is 0 Å². The average Bonchev–Trinajstić information content (AvgIpc) is 2.25. The van der Waals surface area contributed by atoms with Crippen molar-refractivity contribution in [1.29, 1.82) is 0 Å². The summed E-state index contributed by atoms with van der Waals surface area (Å²) in [6.07, 6.45) is 3.86. The summed E-state index contributed by atoms with van der Waals surface area (Å²) in [4.78, 5) is 0. The minimum absolute atomic E-state index is 0.127. The highest BCUT2D eigenvalue weighted by Gasteiger charge is 2.23. The molecule has 0 spiro atoms. The molecule has 4 heteroatoms. The van der Waals surface area contributed by atoms with Gasteiger partial charge in [0, 0.05) is 17.8 Å². The Morgan fingerprint density at radius 2 is 1.44 bits per heavy atom. The smallest absolute Gasteiger partial charge is 0.151 e. The van der Waals surface area contributed by atoms with Crippen LogP contribution in [0.25, 0.3) is 0 Å². The van der Waals surface area contributed by atoms with Crippen LogP contribution in [0.2, 0.25) is 0 Å². The third kappa shape index (κ3) is 5.30. The molecule has 0 aromatic carbocycles. The molecular formula is C12H27NO2S. The van der Waals surface area contributed by atoms with Gasteiger partial charge in [-0.3, -0.25) is 0 Å². The summed E-state index contributed by atoms with van der Waals surface area (Å²) < 4.78 is 23.1. The second-order valence-electron chi connectivity index (χ2n) is 4.42. The second kappa shape index (κ2) is 7.28. The average molecular weight is 249 g/mol. The molecule has 0 aliphatic carbocycles. The SMILES string of the molecule is CCCS(=O)(=O)CCNC(CC)(CC)CC. The molecular weight excluding hydrogens is 222 g/mol.